The van der Waals surface area contributed by atoms with Gasteiger partial charge in [0.2, 0.25) is 5.91 Å². The van der Waals surface area contributed by atoms with Gasteiger partial charge >= 0.3 is 0 Å². The van der Waals surface area contributed by atoms with E-state index in [1.807, 2.05) is 19.9 Å². The summed E-state index contributed by atoms with van der Waals surface area (Å²) in [7, 11) is 1.56. The summed E-state index contributed by atoms with van der Waals surface area (Å²) in [5.74, 6) is -1.40. The molecule has 1 aliphatic rings. The summed E-state index contributed by atoms with van der Waals surface area (Å²) in [5, 5.41) is 0. The minimum absolute atomic E-state index is 0.0134. The lowest BCUT2D eigenvalue weighted by Crippen LogP contribution is -2.50. The van der Waals surface area contributed by atoms with Crippen molar-refractivity contribution in [3.63, 3.8) is 0 Å². The predicted octanol–water partition coefficient (Wildman–Crippen LogP) is 3.76. The second-order valence-corrected chi connectivity index (χ2v) is 7.66. The molecule has 1 fully saturated rings. The van der Waals surface area contributed by atoms with Gasteiger partial charge in [0.25, 0.3) is 5.91 Å². The number of rotatable bonds is 6. The average molecular weight is 444 g/mol. The lowest BCUT2D eigenvalue weighted by molar-refractivity contribution is -0.127. The summed E-state index contributed by atoms with van der Waals surface area (Å²) in [5.41, 5.74) is 0.876. The number of hydrogen-bond donors (Lipinski definition) is 0. The van der Waals surface area contributed by atoms with Crippen LogP contribution in [0.25, 0.3) is 6.08 Å². The van der Waals surface area contributed by atoms with Gasteiger partial charge in [-0.1, -0.05) is 6.07 Å². The third kappa shape index (κ3) is 5.63. The van der Waals surface area contributed by atoms with E-state index in [9.17, 15) is 18.4 Å². The number of carbonyl (C=O) groups excluding carboxylic acids is 2. The minimum atomic E-state index is -1.06. The molecule has 2 amide bonds. The van der Waals surface area contributed by atoms with Gasteiger partial charge in [-0.05, 0) is 55.8 Å². The summed E-state index contributed by atoms with van der Waals surface area (Å²) in [6.07, 6.45) is 3.19. The van der Waals surface area contributed by atoms with Crippen LogP contribution >= 0.6 is 0 Å². The third-order valence-electron chi connectivity index (χ3n) is 5.01. The maximum atomic E-state index is 13.4. The van der Waals surface area contributed by atoms with Gasteiger partial charge in [0.1, 0.15) is 0 Å². The fourth-order valence-electron chi connectivity index (χ4n) is 3.35. The number of piperazine rings is 1. The zero-order valence-electron chi connectivity index (χ0n) is 18.3. The molecule has 0 aliphatic carbocycles. The summed E-state index contributed by atoms with van der Waals surface area (Å²) >= 11 is 0. The first-order chi connectivity index (χ1) is 15.3. The average Bonchev–Trinajstić information content (AvgIpc) is 2.79. The SMILES string of the molecule is COc1cc(/C=C/C(=O)N2CCN(C(=O)c3ccc(F)c(F)c3)CC2)ccc1OC(C)C. The molecule has 1 heterocycles. The van der Waals surface area contributed by atoms with Crippen LogP contribution in [-0.4, -0.2) is 61.0 Å². The smallest absolute Gasteiger partial charge is 0.254 e. The van der Waals surface area contributed by atoms with Crippen molar-refractivity contribution >= 4 is 17.9 Å². The second kappa shape index (κ2) is 10.3. The highest BCUT2D eigenvalue weighted by Gasteiger charge is 2.24. The van der Waals surface area contributed by atoms with Gasteiger partial charge in [0.05, 0.1) is 13.2 Å². The number of nitrogens with zero attached hydrogens (tertiary/aromatic N) is 2. The number of hydrogen-bond acceptors (Lipinski definition) is 4. The quantitative estimate of drug-likeness (QED) is 0.637. The van der Waals surface area contributed by atoms with Crippen LogP contribution < -0.4 is 9.47 Å². The number of methoxy groups -OCH3 is 1. The van der Waals surface area contributed by atoms with E-state index >= 15 is 0 Å². The maximum Gasteiger partial charge on any atom is 0.254 e. The Kier molecular flexibility index (Phi) is 7.45. The molecular formula is C24H26F2N2O4. The van der Waals surface area contributed by atoms with Crippen LogP contribution in [0.4, 0.5) is 8.78 Å². The molecule has 0 atom stereocenters. The van der Waals surface area contributed by atoms with Crippen LogP contribution in [0.15, 0.2) is 42.5 Å². The zero-order chi connectivity index (χ0) is 23.3. The largest absolute Gasteiger partial charge is 0.493 e. The van der Waals surface area contributed by atoms with Gasteiger partial charge in [-0.15, -0.1) is 0 Å². The molecule has 0 radical (unpaired) electrons. The van der Waals surface area contributed by atoms with E-state index in [1.165, 1.54) is 17.0 Å². The molecule has 3 rings (SSSR count). The molecule has 170 valence electrons. The Morgan fingerprint density at radius 3 is 2.25 bits per heavy atom. The lowest BCUT2D eigenvalue weighted by atomic mass is 10.1. The van der Waals surface area contributed by atoms with E-state index in [0.717, 1.165) is 17.7 Å². The van der Waals surface area contributed by atoms with Gasteiger partial charge < -0.3 is 19.3 Å². The van der Waals surface area contributed by atoms with Crippen molar-refractivity contribution in [2.45, 2.75) is 20.0 Å². The zero-order valence-corrected chi connectivity index (χ0v) is 18.3. The number of halogens is 2. The van der Waals surface area contributed by atoms with Crippen molar-refractivity contribution in [3.8, 4) is 11.5 Å². The van der Waals surface area contributed by atoms with Crippen molar-refractivity contribution in [2.24, 2.45) is 0 Å². The highest BCUT2D eigenvalue weighted by atomic mass is 19.2. The van der Waals surface area contributed by atoms with Crippen LogP contribution in [0, 0.1) is 11.6 Å². The Bertz CT molecular complexity index is 1020. The number of carbonyl (C=O) groups is 2. The monoisotopic (exact) mass is 444 g/mol. The molecule has 6 nitrogen and oxygen atoms in total. The molecule has 8 heteroatoms. The van der Waals surface area contributed by atoms with Crippen LogP contribution in [0.1, 0.15) is 29.8 Å². The first kappa shape index (κ1) is 23.2. The van der Waals surface area contributed by atoms with Crippen molar-refractivity contribution in [1.82, 2.24) is 9.80 Å². The minimum Gasteiger partial charge on any atom is -0.493 e. The summed E-state index contributed by atoms with van der Waals surface area (Å²) in [6.45, 7) is 5.18. The molecule has 1 aliphatic heterocycles. The van der Waals surface area contributed by atoms with Crippen molar-refractivity contribution < 1.29 is 27.8 Å². The van der Waals surface area contributed by atoms with Gasteiger partial charge in [-0.3, -0.25) is 9.59 Å². The highest BCUT2D eigenvalue weighted by molar-refractivity contribution is 5.95. The van der Waals surface area contributed by atoms with Gasteiger partial charge in [0, 0.05) is 37.8 Å². The molecule has 0 unspecified atom stereocenters. The van der Waals surface area contributed by atoms with E-state index in [4.69, 9.17) is 9.47 Å². The van der Waals surface area contributed by atoms with E-state index in [1.54, 1.807) is 30.2 Å². The molecule has 1 saturated heterocycles. The lowest BCUT2D eigenvalue weighted by Gasteiger charge is -2.34. The van der Waals surface area contributed by atoms with E-state index < -0.39 is 11.6 Å². The molecule has 32 heavy (non-hydrogen) atoms. The Balaban J connectivity index is 1.57. The fourth-order valence-corrected chi connectivity index (χ4v) is 3.35. The molecule has 0 N–H and O–H groups in total. The van der Waals surface area contributed by atoms with E-state index in [0.29, 0.717) is 37.7 Å². The first-order valence-corrected chi connectivity index (χ1v) is 10.3. The molecule has 0 aromatic heterocycles. The number of benzene rings is 2. The van der Waals surface area contributed by atoms with Crippen molar-refractivity contribution in [1.29, 1.82) is 0 Å². The standard InChI is InChI=1S/C24H26F2N2O4/c1-16(2)32-21-8-4-17(14-22(21)31-3)5-9-23(29)27-10-12-28(13-11-27)24(30)18-6-7-19(25)20(26)15-18/h4-9,14-16H,10-13H2,1-3H3/b9-5+. The molecule has 2 aromatic rings. The topological polar surface area (TPSA) is 59.1 Å². The Labute approximate surface area is 186 Å². The predicted molar refractivity (Wildman–Crippen MR) is 117 cm³/mol. The second-order valence-electron chi connectivity index (χ2n) is 7.66. The van der Waals surface area contributed by atoms with Crippen LogP contribution in [-0.2, 0) is 4.79 Å². The summed E-state index contributed by atoms with van der Waals surface area (Å²) < 4.78 is 37.5. The normalized spacial score (nSPS) is 14.2. The maximum absolute atomic E-state index is 13.4. The van der Waals surface area contributed by atoms with E-state index in [-0.39, 0.29) is 23.5 Å². The number of amides is 2. The molecule has 2 aromatic carbocycles. The highest BCUT2D eigenvalue weighted by Crippen LogP contribution is 2.29. The van der Waals surface area contributed by atoms with E-state index in [2.05, 4.69) is 0 Å². The molecule has 0 saturated carbocycles. The number of ether oxygens (including phenoxy) is 2. The molecular weight excluding hydrogens is 418 g/mol. The van der Waals surface area contributed by atoms with Crippen LogP contribution in [0.3, 0.4) is 0 Å². The first-order valence-electron chi connectivity index (χ1n) is 10.3. The van der Waals surface area contributed by atoms with Gasteiger partial charge in [-0.25, -0.2) is 8.78 Å². The van der Waals surface area contributed by atoms with Gasteiger partial charge in [-0.2, -0.15) is 0 Å². The Hall–Kier alpha value is -3.42. The van der Waals surface area contributed by atoms with Crippen molar-refractivity contribution in [2.75, 3.05) is 33.3 Å². The van der Waals surface area contributed by atoms with Gasteiger partial charge in [0.15, 0.2) is 23.1 Å². The molecule has 0 spiro atoms. The fraction of sp³-hybridized carbons (Fsp3) is 0.333. The Morgan fingerprint density at radius 2 is 1.62 bits per heavy atom. The third-order valence-corrected chi connectivity index (χ3v) is 5.01. The summed E-state index contributed by atoms with van der Waals surface area (Å²) in [4.78, 5) is 28.2. The van der Waals surface area contributed by atoms with Crippen LogP contribution in [0.2, 0.25) is 0 Å². The molecule has 0 bridgehead atoms. The Morgan fingerprint density at radius 1 is 0.938 bits per heavy atom. The van der Waals surface area contributed by atoms with Crippen molar-refractivity contribution in [3.05, 3.63) is 65.2 Å². The summed E-state index contributed by atoms with van der Waals surface area (Å²) in [6, 6.07) is 8.51. The van der Waals surface area contributed by atoms with Crippen LogP contribution in [0.5, 0.6) is 11.5 Å².